The molecular weight excluding hydrogens is 394 g/mol. The number of nitrogens with zero attached hydrogens (tertiary/aromatic N) is 2. The Labute approximate surface area is 177 Å². The molecule has 152 valence electrons. The van der Waals surface area contributed by atoms with E-state index in [0.717, 1.165) is 28.8 Å². The van der Waals surface area contributed by atoms with Gasteiger partial charge in [-0.1, -0.05) is 30.3 Å². The number of hydrogen-bond donors (Lipinski definition) is 1. The van der Waals surface area contributed by atoms with Gasteiger partial charge in [0, 0.05) is 23.7 Å². The average Bonchev–Trinajstić information content (AvgIpc) is 2.94. The summed E-state index contributed by atoms with van der Waals surface area (Å²) >= 11 is 0. The zero-order chi connectivity index (χ0) is 21.3. The summed E-state index contributed by atoms with van der Waals surface area (Å²) in [6.45, 7) is 5.77. The van der Waals surface area contributed by atoms with Crippen molar-refractivity contribution in [3.8, 4) is 0 Å². The van der Waals surface area contributed by atoms with Gasteiger partial charge in [-0.15, -0.1) is 4.40 Å². The Morgan fingerprint density at radius 1 is 0.833 bits per heavy atom. The van der Waals surface area contributed by atoms with Gasteiger partial charge in [0.2, 0.25) is 0 Å². The van der Waals surface area contributed by atoms with E-state index in [2.05, 4.69) is 14.7 Å². The van der Waals surface area contributed by atoms with Crippen LogP contribution in [0.15, 0.2) is 77.0 Å². The number of amidine groups is 1. The SMILES string of the molecule is CC1=C(c2ccc(C)c(C)c2)S(=O)(=O)N=C1Nc1ccc(Cc2ccncc2)cc1. The van der Waals surface area contributed by atoms with Crippen LogP contribution in [0.3, 0.4) is 0 Å². The van der Waals surface area contributed by atoms with Gasteiger partial charge in [-0.3, -0.25) is 4.98 Å². The second-order valence-corrected chi connectivity index (χ2v) is 9.06. The predicted molar refractivity (Wildman–Crippen MR) is 122 cm³/mol. The Balaban J connectivity index is 1.57. The van der Waals surface area contributed by atoms with Crippen LogP contribution in [-0.2, 0) is 16.4 Å². The first-order valence-electron chi connectivity index (χ1n) is 9.72. The Hall–Kier alpha value is -3.25. The molecule has 1 aliphatic heterocycles. The van der Waals surface area contributed by atoms with Crippen LogP contribution in [-0.4, -0.2) is 19.2 Å². The van der Waals surface area contributed by atoms with Gasteiger partial charge in [-0.25, -0.2) is 0 Å². The van der Waals surface area contributed by atoms with Crippen molar-refractivity contribution in [2.24, 2.45) is 4.40 Å². The lowest BCUT2D eigenvalue weighted by atomic mass is 10.0. The monoisotopic (exact) mass is 417 g/mol. The van der Waals surface area contributed by atoms with Crippen molar-refractivity contribution in [3.05, 3.63) is 100 Å². The molecule has 0 unspecified atom stereocenters. The molecule has 0 amide bonds. The zero-order valence-corrected chi connectivity index (χ0v) is 18.0. The lowest BCUT2D eigenvalue weighted by Crippen LogP contribution is -2.11. The Bertz CT molecular complexity index is 1260. The Kier molecular flexibility index (Phi) is 5.26. The number of nitrogens with one attached hydrogen (secondary N) is 1. The van der Waals surface area contributed by atoms with E-state index >= 15 is 0 Å². The first-order chi connectivity index (χ1) is 14.3. The molecule has 0 atom stereocenters. The van der Waals surface area contributed by atoms with Crippen LogP contribution in [0.25, 0.3) is 4.91 Å². The molecule has 30 heavy (non-hydrogen) atoms. The number of hydrogen-bond acceptors (Lipinski definition) is 4. The molecular formula is C24H23N3O2S. The van der Waals surface area contributed by atoms with Crippen molar-refractivity contribution in [1.29, 1.82) is 0 Å². The minimum Gasteiger partial charge on any atom is -0.339 e. The number of aryl methyl sites for hydroxylation is 2. The maximum Gasteiger partial charge on any atom is 0.285 e. The van der Waals surface area contributed by atoms with E-state index in [0.29, 0.717) is 17.0 Å². The molecule has 0 bridgehead atoms. The summed E-state index contributed by atoms with van der Waals surface area (Å²) in [7, 11) is -3.74. The van der Waals surface area contributed by atoms with Crippen LogP contribution in [0.4, 0.5) is 5.69 Å². The molecule has 1 aromatic heterocycles. The van der Waals surface area contributed by atoms with Crippen LogP contribution in [0.2, 0.25) is 0 Å². The predicted octanol–water partition coefficient (Wildman–Crippen LogP) is 4.87. The summed E-state index contributed by atoms with van der Waals surface area (Å²) in [6.07, 6.45) is 4.38. The van der Waals surface area contributed by atoms with Gasteiger partial charge in [-0.2, -0.15) is 8.42 Å². The minimum absolute atomic E-state index is 0.266. The zero-order valence-electron chi connectivity index (χ0n) is 17.2. The van der Waals surface area contributed by atoms with Crippen molar-refractivity contribution in [3.63, 3.8) is 0 Å². The summed E-state index contributed by atoms with van der Waals surface area (Å²) in [4.78, 5) is 4.30. The quantitative estimate of drug-likeness (QED) is 0.657. The van der Waals surface area contributed by atoms with Gasteiger partial charge in [0.15, 0.2) is 0 Å². The van der Waals surface area contributed by atoms with Gasteiger partial charge in [-0.05, 0) is 79.3 Å². The van der Waals surface area contributed by atoms with E-state index < -0.39 is 10.0 Å². The molecule has 0 spiro atoms. The van der Waals surface area contributed by atoms with Crippen LogP contribution >= 0.6 is 0 Å². The topological polar surface area (TPSA) is 71.4 Å². The molecule has 0 fully saturated rings. The van der Waals surface area contributed by atoms with Crippen LogP contribution < -0.4 is 5.32 Å². The second-order valence-electron chi connectivity index (χ2n) is 7.52. The van der Waals surface area contributed by atoms with E-state index in [1.165, 1.54) is 5.56 Å². The number of aromatic nitrogens is 1. The van der Waals surface area contributed by atoms with Gasteiger partial charge in [0.1, 0.15) is 10.7 Å². The molecule has 2 aromatic carbocycles. The maximum absolute atomic E-state index is 12.7. The van der Waals surface area contributed by atoms with E-state index in [9.17, 15) is 8.42 Å². The highest BCUT2D eigenvalue weighted by Crippen LogP contribution is 2.33. The van der Waals surface area contributed by atoms with Crippen LogP contribution in [0.1, 0.15) is 34.7 Å². The van der Waals surface area contributed by atoms with Crippen molar-refractivity contribution >= 4 is 26.5 Å². The third-order valence-corrected chi connectivity index (χ3v) is 6.79. The third-order valence-electron chi connectivity index (χ3n) is 5.31. The second kappa shape index (κ2) is 7.88. The third kappa shape index (κ3) is 4.04. The number of pyridine rings is 1. The highest BCUT2D eigenvalue weighted by molar-refractivity contribution is 8.00. The molecule has 0 saturated heterocycles. The normalized spacial score (nSPS) is 15.2. The van der Waals surface area contributed by atoms with Crippen LogP contribution in [0, 0.1) is 13.8 Å². The van der Waals surface area contributed by atoms with E-state index in [4.69, 9.17) is 0 Å². The van der Waals surface area contributed by atoms with Gasteiger partial charge < -0.3 is 5.32 Å². The Morgan fingerprint density at radius 3 is 2.17 bits per heavy atom. The molecule has 0 saturated carbocycles. The number of anilines is 1. The maximum atomic E-state index is 12.7. The highest BCUT2D eigenvalue weighted by Gasteiger charge is 2.31. The van der Waals surface area contributed by atoms with E-state index in [1.807, 2.05) is 68.4 Å². The Morgan fingerprint density at radius 2 is 1.50 bits per heavy atom. The molecule has 5 nitrogen and oxygen atoms in total. The van der Waals surface area contributed by atoms with E-state index in [1.54, 1.807) is 19.3 Å². The molecule has 2 heterocycles. The lowest BCUT2D eigenvalue weighted by molar-refractivity contribution is 0.608. The molecule has 1 aliphatic rings. The molecule has 3 aromatic rings. The summed E-state index contributed by atoms with van der Waals surface area (Å²) < 4.78 is 29.5. The fraction of sp³-hybridized carbons (Fsp3) is 0.167. The fourth-order valence-electron chi connectivity index (χ4n) is 3.48. The number of sulfonamides is 1. The molecule has 0 aliphatic carbocycles. The number of rotatable bonds is 4. The summed E-state index contributed by atoms with van der Waals surface area (Å²) in [5.74, 6) is 0.366. The van der Waals surface area contributed by atoms with Crippen molar-refractivity contribution in [2.75, 3.05) is 5.32 Å². The molecule has 0 radical (unpaired) electrons. The highest BCUT2D eigenvalue weighted by atomic mass is 32.2. The molecule has 4 rings (SSSR count). The fourth-order valence-corrected chi connectivity index (χ4v) is 4.90. The van der Waals surface area contributed by atoms with Gasteiger partial charge in [0.25, 0.3) is 10.0 Å². The molecule has 6 heteroatoms. The standard InChI is InChI=1S/C24H23N3O2S/c1-16-4-7-21(14-17(16)2)23-18(3)24(27-30(23,28)29)26-22-8-5-19(6-9-22)15-20-10-12-25-13-11-20/h4-14H,15H2,1-3H3,(H,26,27). The van der Waals surface area contributed by atoms with Crippen molar-refractivity contribution in [2.45, 2.75) is 27.2 Å². The number of benzene rings is 2. The summed E-state index contributed by atoms with van der Waals surface area (Å²) in [5, 5.41) is 3.17. The van der Waals surface area contributed by atoms with Crippen molar-refractivity contribution < 1.29 is 8.42 Å². The minimum atomic E-state index is -3.74. The molecule has 1 N–H and O–H groups in total. The lowest BCUT2D eigenvalue weighted by Gasteiger charge is -2.09. The van der Waals surface area contributed by atoms with Crippen LogP contribution in [0.5, 0.6) is 0 Å². The first kappa shape index (κ1) is 20.0. The summed E-state index contributed by atoms with van der Waals surface area (Å²) in [5.41, 5.74) is 6.61. The van der Waals surface area contributed by atoms with Gasteiger partial charge in [0.05, 0.1) is 0 Å². The smallest absolute Gasteiger partial charge is 0.285 e. The average molecular weight is 418 g/mol. The first-order valence-corrected chi connectivity index (χ1v) is 11.2. The van der Waals surface area contributed by atoms with Crippen molar-refractivity contribution in [1.82, 2.24) is 4.98 Å². The largest absolute Gasteiger partial charge is 0.339 e. The van der Waals surface area contributed by atoms with E-state index in [-0.39, 0.29) is 4.91 Å². The summed E-state index contributed by atoms with van der Waals surface area (Å²) in [6, 6.07) is 17.6. The van der Waals surface area contributed by atoms with Gasteiger partial charge >= 0.3 is 0 Å².